The van der Waals surface area contributed by atoms with Crippen LogP contribution in [0.3, 0.4) is 0 Å². The summed E-state index contributed by atoms with van der Waals surface area (Å²) in [5.41, 5.74) is 0. The van der Waals surface area contributed by atoms with Crippen LogP contribution >= 0.6 is 11.3 Å². The lowest BCUT2D eigenvalue weighted by Crippen LogP contribution is -2.46. The molecule has 3 rings (SSSR count). The summed E-state index contributed by atoms with van der Waals surface area (Å²) in [6.07, 6.45) is 3.03. The molecule has 1 fully saturated rings. The minimum Gasteiger partial charge on any atom is -0.467 e. The van der Waals surface area contributed by atoms with Crippen molar-refractivity contribution in [1.29, 1.82) is 0 Å². The monoisotopic (exact) mass is 348 g/mol. The van der Waals surface area contributed by atoms with E-state index in [-0.39, 0.29) is 24.3 Å². The van der Waals surface area contributed by atoms with Crippen molar-refractivity contribution in [2.75, 3.05) is 19.7 Å². The number of likely N-dealkylation sites (tertiary alicyclic amines) is 1. The van der Waals surface area contributed by atoms with Crippen LogP contribution in [0.2, 0.25) is 0 Å². The maximum Gasteiger partial charge on any atom is 0.263 e. The van der Waals surface area contributed by atoms with Crippen molar-refractivity contribution in [2.24, 2.45) is 5.92 Å². The van der Waals surface area contributed by atoms with E-state index >= 15 is 0 Å². The summed E-state index contributed by atoms with van der Waals surface area (Å²) in [5.74, 6) is 0.0706. The summed E-state index contributed by atoms with van der Waals surface area (Å²) >= 11 is 1.41. The third-order valence-electron chi connectivity index (χ3n) is 4.20. The molecule has 0 spiro atoms. The predicted molar refractivity (Wildman–Crippen MR) is 89.6 cm³/mol. The van der Waals surface area contributed by atoms with Gasteiger partial charge in [0.25, 0.3) is 5.91 Å². The molecular formula is C17H20N2O4S. The van der Waals surface area contributed by atoms with Crippen molar-refractivity contribution in [3.8, 4) is 0 Å². The lowest BCUT2D eigenvalue weighted by molar-refractivity contribution is -0.127. The van der Waals surface area contributed by atoms with Crippen molar-refractivity contribution < 1.29 is 19.1 Å². The second-order valence-electron chi connectivity index (χ2n) is 5.83. The Hall–Kier alpha value is -2.12. The van der Waals surface area contributed by atoms with Gasteiger partial charge in [0, 0.05) is 13.1 Å². The van der Waals surface area contributed by atoms with E-state index in [2.05, 4.69) is 5.32 Å². The Morgan fingerprint density at radius 1 is 1.42 bits per heavy atom. The van der Waals surface area contributed by atoms with E-state index in [1.807, 2.05) is 11.4 Å². The minimum absolute atomic E-state index is 0.0211. The molecule has 0 radical (unpaired) electrons. The number of hydrogen-bond donors (Lipinski definition) is 2. The van der Waals surface area contributed by atoms with E-state index in [9.17, 15) is 14.7 Å². The van der Waals surface area contributed by atoms with Gasteiger partial charge in [0.05, 0.1) is 23.7 Å². The topological polar surface area (TPSA) is 82.8 Å². The molecular weight excluding hydrogens is 328 g/mol. The van der Waals surface area contributed by atoms with Crippen LogP contribution in [0.4, 0.5) is 0 Å². The summed E-state index contributed by atoms with van der Waals surface area (Å²) in [7, 11) is 0. The largest absolute Gasteiger partial charge is 0.467 e. The average Bonchev–Trinajstić information content (AvgIpc) is 3.32. The van der Waals surface area contributed by atoms with Crippen LogP contribution in [-0.2, 0) is 4.79 Å². The fraction of sp³-hybridized carbons (Fsp3) is 0.412. The van der Waals surface area contributed by atoms with Gasteiger partial charge in [0.1, 0.15) is 11.8 Å². The summed E-state index contributed by atoms with van der Waals surface area (Å²) in [6, 6.07) is 6.52. The van der Waals surface area contributed by atoms with Crippen LogP contribution in [0.5, 0.6) is 0 Å². The van der Waals surface area contributed by atoms with Crippen molar-refractivity contribution in [3.63, 3.8) is 0 Å². The summed E-state index contributed by atoms with van der Waals surface area (Å²) < 4.78 is 5.25. The second kappa shape index (κ2) is 7.63. The van der Waals surface area contributed by atoms with Crippen LogP contribution in [0.15, 0.2) is 40.3 Å². The quantitative estimate of drug-likeness (QED) is 0.866. The van der Waals surface area contributed by atoms with Crippen molar-refractivity contribution in [2.45, 2.75) is 18.9 Å². The van der Waals surface area contributed by atoms with Gasteiger partial charge in [-0.25, -0.2) is 0 Å². The number of hydrogen-bond acceptors (Lipinski definition) is 5. The fourth-order valence-corrected chi connectivity index (χ4v) is 3.61. The Labute approximate surface area is 144 Å². The van der Waals surface area contributed by atoms with Gasteiger partial charge in [-0.05, 0) is 36.4 Å². The first-order valence-electron chi connectivity index (χ1n) is 7.96. The molecule has 2 amide bonds. The van der Waals surface area contributed by atoms with E-state index in [1.54, 1.807) is 23.1 Å². The summed E-state index contributed by atoms with van der Waals surface area (Å²) in [4.78, 5) is 27.4. The molecule has 7 heteroatoms. The summed E-state index contributed by atoms with van der Waals surface area (Å²) in [5, 5.41) is 14.2. The molecule has 3 heterocycles. The Kier molecular flexibility index (Phi) is 5.32. The first-order chi connectivity index (χ1) is 11.7. The molecule has 24 heavy (non-hydrogen) atoms. The Balaban J connectivity index is 1.61. The van der Waals surface area contributed by atoms with Gasteiger partial charge in [-0.1, -0.05) is 6.07 Å². The molecule has 1 saturated heterocycles. The zero-order valence-corrected chi connectivity index (χ0v) is 14.0. The molecule has 0 bridgehead atoms. The zero-order valence-electron chi connectivity index (χ0n) is 13.2. The highest BCUT2D eigenvalue weighted by Crippen LogP contribution is 2.22. The number of thiophene rings is 1. The third kappa shape index (κ3) is 3.68. The standard InChI is InChI=1S/C17H20N2O4S/c20-11-13(14-5-2-8-23-14)18-16(21)12-4-1-7-19(10-12)17(22)15-6-3-9-24-15/h2-3,5-6,8-9,12-13,20H,1,4,7,10-11H2,(H,18,21). The Morgan fingerprint density at radius 2 is 2.29 bits per heavy atom. The van der Waals surface area contributed by atoms with Gasteiger partial charge in [-0.15, -0.1) is 11.3 Å². The predicted octanol–water partition coefficient (Wildman–Crippen LogP) is 2.04. The zero-order chi connectivity index (χ0) is 16.9. The molecule has 2 aromatic rings. The Bertz CT molecular complexity index is 669. The molecule has 0 saturated carbocycles. The second-order valence-corrected chi connectivity index (χ2v) is 6.77. The van der Waals surface area contributed by atoms with Gasteiger partial charge >= 0.3 is 0 Å². The molecule has 1 aliphatic heterocycles. The fourth-order valence-electron chi connectivity index (χ4n) is 2.92. The molecule has 0 aromatic carbocycles. The maximum absolute atomic E-state index is 12.5. The molecule has 2 aromatic heterocycles. The van der Waals surface area contributed by atoms with Gasteiger partial charge in [0.2, 0.25) is 5.91 Å². The highest BCUT2D eigenvalue weighted by atomic mass is 32.1. The van der Waals surface area contributed by atoms with Crippen LogP contribution in [-0.4, -0.2) is 41.5 Å². The summed E-state index contributed by atoms with van der Waals surface area (Å²) in [6.45, 7) is 0.838. The van der Waals surface area contributed by atoms with Crippen LogP contribution in [0.25, 0.3) is 0 Å². The molecule has 2 N–H and O–H groups in total. The normalized spacial score (nSPS) is 19.0. The van der Waals surface area contributed by atoms with E-state index in [4.69, 9.17) is 4.42 Å². The maximum atomic E-state index is 12.5. The van der Waals surface area contributed by atoms with Gasteiger partial charge in [0.15, 0.2) is 0 Å². The lowest BCUT2D eigenvalue weighted by Gasteiger charge is -2.32. The molecule has 2 atom stereocenters. The number of carbonyl (C=O) groups is 2. The number of aliphatic hydroxyl groups is 1. The molecule has 2 unspecified atom stereocenters. The number of nitrogens with zero attached hydrogens (tertiary/aromatic N) is 1. The van der Waals surface area contributed by atoms with Gasteiger partial charge in [-0.2, -0.15) is 0 Å². The van der Waals surface area contributed by atoms with E-state index in [1.165, 1.54) is 17.6 Å². The first-order valence-corrected chi connectivity index (χ1v) is 8.84. The van der Waals surface area contributed by atoms with Crippen LogP contribution < -0.4 is 5.32 Å². The van der Waals surface area contributed by atoms with Crippen LogP contribution in [0, 0.1) is 5.92 Å². The SMILES string of the molecule is O=C(NC(CO)c1ccco1)C1CCCN(C(=O)c2cccs2)C1. The van der Waals surface area contributed by atoms with E-state index in [0.717, 1.165) is 12.8 Å². The van der Waals surface area contributed by atoms with Gasteiger partial charge in [-0.3, -0.25) is 9.59 Å². The van der Waals surface area contributed by atoms with Crippen LogP contribution in [0.1, 0.15) is 34.3 Å². The molecule has 6 nitrogen and oxygen atoms in total. The highest BCUT2D eigenvalue weighted by Gasteiger charge is 2.30. The number of aliphatic hydroxyl groups excluding tert-OH is 1. The van der Waals surface area contributed by atoms with Crippen molar-refractivity contribution in [3.05, 3.63) is 46.5 Å². The number of rotatable bonds is 5. The van der Waals surface area contributed by atoms with Gasteiger partial charge < -0.3 is 19.7 Å². The Morgan fingerprint density at radius 3 is 2.96 bits per heavy atom. The van der Waals surface area contributed by atoms with E-state index in [0.29, 0.717) is 23.7 Å². The molecule has 0 aliphatic carbocycles. The van der Waals surface area contributed by atoms with E-state index < -0.39 is 6.04 Å². The molecule has 1 aliphatic rings. The number of piperidine rings is 1. The lowest BCUT2D eigenvalue weighted by atomic mass is 9.96. The van der Waals surface area contributed by atoms with Crippen molar-refractivity contribution in [1.82, 2.24) is 10.2 Å². The minimum atomic E-state index is -0.559. The smallest absolute Gasteiger partial charge is 0.263 e. The molecule has 128 valence electrons. The highest BCUT2D eigenvalue weighted by molar-refractivity contribution is 7.12. The average molecular weight is 348 g/mol. The number of nitrogens with one attached hydrogen (secondary N) is 1. The number of furan rings is 1. The third-order valence-corrected chi connectivity index (χ3v) is 5.05. The van der Waals surface area contributed by atoms with Crippen molar-refractivity contribution >= 4 is 23.2 Å². The first kappa shape index (κ1) is 16.7. The number of carbonyl (C=O) groups excluding carboxylic acids is 2. The number of amides is 2.